The van der Waals surface area contributed by atoms with E-state index in [0.29, 0.717) is 0 Å². The Labute approximate surface area is 67.6 Å². The fourth-order valence-electron chi connectivity index (χ4n) is 0.393. The van der Waals surface area contributed by atoms with Crippen molar-refractivity contribution in [1.82, 2.24) is 0 Å². The minimum absolute atomic E-state index is 1.17. The molecule has 0 aliphatic rings. The van der Waals surface area contributed by atoms with Crippen molar-refractivity contribution in [2.75, 3.05) is 5.75 Å². The summed E-state index contributed by atoms with van der Waals surface area (Å²) < 4.78 is 0. The van der Waals surface area contributed by atoms with Crippen LogP contribution in [-0.4, -0.2) is 11.3 Å². The van der Waals surface area contributed by atoms with Gasteiger partial charge in [0.15, 0.2) is 0 Å². The second-order valence-corrected chi connectivity index (χ2v) is 3.28. The van der Waals surface area contributed by atoms with Crippen LogP contribution in [0.25, 0.3) is 0 Å². The zero-order valence-electron chi connectivity index (χ0n) is 6.92. The van der Waals surface area contributed by atoms with Crippen LogP contribution in [0.5, 0.6) is 0 Å². The topological polar surface area (TPSA) is 12.4 Å². The van der Waals surface area contributed by atoms with E-state index in [-0.39, 0.29) is 0 Å². The first kappa shape index (κ1) is 9.76. The van der Waals surface area contributed by atoms with E-state index in [1.165, 1.54) is 17.7 Å². The van der Waals surface area contributed by atoms with E-state index in [4.69, 9.17) is 0 Å². The Bertz CT molecular complexity index is 123. The summed E-state index contributed by atoms with van der Waals surface area (Å²) >= 11 is 1.76. The molecule has 0 amide bonds. The predicted molar refractivity (Wildman–Crippen MR) is 50.7 cm³/mol. The fourth-order valence-corrected chi connectivity index (χ4v) is 0.881. The molecule has 0 heterocycles. The minimum Gasteiger partial charge on any atom is -0.258 e. The largest absolute Gasteiger partial charge is 0.258 e. The number of aliphatic imine (C=N–C) groups is 1. The third kappa shape index (κ3) is 7.76. The van der Waals surface area contributed by atoms with E-state index in [0.717, 1.165) is 0 Å². The number of allylic oxidation sites excluding steroid dienone is 1. The molecule has 0 atom stereocenters. The first-order valence-electron chi connectivity index (χ1n) is 3.54. The van der Waals surface area contributed by atoms with Gasteiger partial charge >= 0.3 is 0 Å². The molecule has 0 saturated heterocycles. The number of rotatable bonds is 4. The van der Waals surface area contributed by atoms with Crippen molar-refractivity contribution < 1.29 is 0 Å². The van der Waals surface area contributed by atoms with Crippen LogP contribution in [0.2, 0.25) is 0 Å². The van der Waals surface area contributed by atoms with E-state index in [1.807, 2.05) is 25.6 Å². The fraction of sp³-hybridized carbons (Fsp3) is 0.625. The predicted octanol–water partition coefficient (Wildman–Crippen LogP) is 3.08. The molecule has 0 saturated carbocycles. The molecule has 0 aromatic heterocycles. The van der Waals surface area contributed by atoms with Gasteiger partial charge in [0.05, 0.1) is 5.55 Å². The third-order valence-corrected chi connectivity index (χ3v) is 1.70. The molecule has 1 nitrogen and oxygen atoms in total. The second kappa shape index (κ2) is 6.87. The SMILES string of the molecule is CCCSC=NC=C(C)C. The molecule has 58 valence electrons. The van der Waals surface area contributed by atoms with Crippen LogP contribution in [0, 0.1) is 0 Å². The van der Waals surface area contributed by atoms with Gasteiger partial charge in [0.25, 0.3) is 0 Å². The van der Waals surface area contributed by atoms with Gasteiger partial charge in [0.2, 0.25) is 0 Å². The summed E-state index contributed by atoms with van der Waals surface area (Å²) in [6.45, 7) is 6.26. The van der Waals surface area contributed by atoms with Gasteiger partial charge < -0.3 is 0 Å². The Morgan fingerprint density at radius 2 is 2.20 bits per heavy atom. The Balaban J connectivity index is 3.29. The maximum atomic E-state index is 4.08. The van der Waals surface area contributed by atoms with Crippen LogP contribution in [-0.2, 0) is 0 Å². The van der Waals surface area contributed by atoms with Gasteiger partial charge in [-0.05, 0) is 26.0 Å². The Morgan fingerprint density at radius 3 is 2.70 bits per heavy atom. The van der Waals surface area contributed by atoms with E-state index in [2.05, 4.69) is 11.9 Å². The van der Waals surface area contributed by atoms with Gasteiger partial charge in [-0.25, -0.2) is 0 Å². The average molecular weight is 157 g/mol. The monoisotopic (exact) mass is 157 g/mol. The molecule has 0 aromatic rings. The highest BCUT2D eigenvalue weighted by molar-refractivity contribution is 8.12. The lowest BCUT2D eigenvalue weighted by atomic mass is 10.4. The number of hydrogen-bond donors (Lipinski definition) is 0. The molecular formula is C8H15NS. The third-order valence-electron chi connectivity index (χ3n) is 0.790. The number of hydrogen-bond acceptors (Lipinski definition) is 2. The quantitative estimate of drug-likeness (QED) is 0.347. The van der Waals surface area contributed by atoms with Gasteiger partial charge in [-0.3, -0.25) is 4.99 Å². The van der Waals surface area contributed by atoms with Gasteiger partial charge in [-0.2, -0.15) is 0 Å². The van der Waals surface area contributed by atoms with Crippen LogP contribution in [0.4, 0.5) is 0 Å². The van der Waals surface area contributed by atoms with Crippen molar-refractivity contribution in [3.63, 3.8) is 0 Å². The summed E-state index contributed by atoms with van der Waals surface area (Å²) in [7, 11) is 0. The van der Waals surface area contributed by atoms with E-state index >= 15 is 0 Å². The standard InChI is InChI=1S/C8H15NS/c1-4-5-10-7-9-6-8(2)3/h6-7H,4-5H2,1-3H3. The minimum atomic E-state index is 1.17. The molecule has 0 bridgehead atoms. The lowest BCUT2D eigenvalue weighted by Gasteiger charge is -1.86. The summed E-state index contributed by atoms with van der Waals surface area (Å²) in [6.07, 6.45) is 3.09. The van der Waals surface area contributed by atoms with Crippen molar-refractivity contribution in [2.24, 2.45) is 4.99 Å². The molecule has 10 heavy (non-hydrogen) atoms. The highest BCUT2D eigenvalue weighted by Gasteiger charge is 1.76. The summed E-state index contributed by atoms with van der Waals surface area (Å²) in [5.74, 6) is 1.17. The maximum Gasteiger partial charge on any atom is 0.0596 e. The second-order valence-electron chi connectivity index (χ2n) is 2.33. The lowest BCUT2D eigenvalue weighted by Crippen LogP contribution is -1.71. The van der Waals surface area contributed by atoms with E-state index < -0.39 is 0 Å². The Kier molecular flexibility index (Phi) is 6.71. The van der Waals surface area contributed by atoms with Gasteiger partial charge in [0, 0.05) is 6.20 Å². The van der Waals surface area contributed by atoms with Crippen LogP contribution in [0.1, 0.15) is 27.2 Å². The van der Waals surface area contributed by atoms with E-state index in [9.17, 15) is 0 Å². The summed E-state index contributed by atoms with van der Waals surface area (Å²) in [5, 5.41) is 0. The molecule has 0 aliphatic heterocycles. The molecule has 0 aromatic carbocycles. The molecule has 0 radical (unpaired) electrons. The lowest BCUT2D eigenvalue weighted by molar-refractivity contribution is 1.11. The van der Waals surface area contributed by atoms with Crippen molar-refractivity contribution in [1.29, 1.82) is 0 Å². The summed E-state index contributed by atoms with van der Waals surface area (Å²) in [6, 6.07) is 0. The zero-order valence-corrected chi connectivity index (χ0v) is 7.74. The Hall–Kier alpha value is -0.240. The molecule has 0 aliphatic carbocycles. The molecular weight excluding hydrogens is 142 g/mol. The van der Waals surface area contributed by atoms with Crippen LogP contribution < -0.4 is 0 Å². The van der Waals surface area contributed by atoms with Crippen LogP contribution >= 0.6 is 11.8 Å². The molecule has 0 fully saturated rings. The smallest absolute Gasteiger partial charge is 0.0596 e. The highest BCUT2D eigenvalue weighted by Crippen LogP contribution is 1.97. The number of thioether (sulfide) groups is 1. The van der Waals surface area contributed by atoms with Crippen LogP contribution in [0.15, 0.2) is 16.8 Å². The number of nitrogens with zero attached hydrogens (tertiary/aromatic N) is 1. The first-order valence-corrected chi connectivity index (χ1v) is 4.59. The van der Waals surface area contributed by atoms with Crippen molar-refractivity contribution in [3.05, 3.63) is 11.8 Å². The van der Waals surface area contributed by atoms with Crippen molar-refractivity contribution in [2.45, 2.75) is 27.2 Å². The molecule has 0 rings (SSSR count). The van der Waals surface area contributed by atoms with Crippen molar-refractivity contribution >= 4 is 17.3 Å². The zero-order chi connectivity index (χ0) is 7.82. The maximum absolute atomic E-state index is 4.08. The van der Waals surface area contributed by atoms with Gasteiger partial charge in [-0.15, -0.1) is 11.8 Å². The summed E-state index contributed by atoms with van der Waals surface area (Å²) in [4.78, 5) is 4.08. The molecule has 2 heteroatoms. The summed E-state index contributed by atoms with van der Waals surface area (Å²) in [5.41, 5.74) is 3.14. The first-order chi connectivity index (χ1) is 4.77. The van der Waals surface area contributed by atoms with Gasteiger partial charge in [-0.1, -0.05) is 12.5 Å². The molecule has 0 spiro atoms. The normalized spacial score (nSPS) is 10.3. The molecule has 0 unspecified atom stereocenters. The van der Waals surface area contributed by atoms with Gasteiger partial charge in [0.1, 0.15) is 0 Å². The van der Waals surface area contributed by atoms with Crippen molar-refractivity contribution in [3.8, 4) is 0 Å². The highest BCUT2D eigenvalue weighted by atomic mass is 32.2. The van der Waals surface area contributed by atoms with Crippen LogP contribution in [0.3, 0.4) is 0 Å². The molecule has 0 N–H and O–H groups in total. The average Bonchev–Trinajstić information content (AvgIpc) is 1.87. The van der Waals surface area contributed by atoms with E-state index in [1.54, 1.807) is 11.8 Å². The Morgan fingerprint density at radius 1 is 1.50 bits per heavy atom.